The zero-order chi connectivity index (χ0) is 19.3. The van der Waals surface area contributed by atoms with E-state index in [-0.39, 0.29) is 4.90 Å². The smallest absolute Gasteiger partial charge is 0.263 e. The summed E-state index contributed by atoms with van der Waals surface area (Å²) in [5.74, 6) is 0.308. The highest BCUT2D eigenvalue weighted by Gasteiger charge is 2.15. The second kappa shape index (κ2) is 8.71. The molecule has 0 amide bonds. The maximum atomic E-state index is 12.6. The van der Waals surface area contributed by atoms with Crippen LogP contribution in [-0.4, -0.2) is 18.2 Å². The first-order valence-electron chi connectivity index (χ1n) is 8.86. The summed E-state index contributed by atoms with van der Waals surface area (Å²) in [7, 11) is -3.65. The third-order valence-corrected chi connectivity index (χ3v) is 6.09. The molecular weight excluding hydrogens is 426 g/mol. The fourth-order valence-electron chi connectivity index (χ4n) is 2.69. The van der Waals surface area contributed by atoms with E-state index in [1.807, 2.05) is 36.4 Å². The minimum absolute atomic E-state index is 0.241. The van der Waals surface area contributed by atoms with Gasteiger partial charge in [0.25, 0.3) is 10.0 Å². The number of unbranched alkanes of at least 4 members (excludes halogenated alkanes) is 1. The number of sulfonamides is 1. The first kappa shape index (κ1) is 19.6. The van der Waals surface area contributed by atoms with Crippen LogP contribution >= 0.6 is 15.9 Å². The van der Waals surface area contributed by atoms with Gasteiger partial charge in [0.05, 0.1) is 11.4 Å². The standard InChI is InChI=1S/C20H22BrN3O2S/c1-2-3-4-16-7-11-19(12-8-16)27(25,26)23-20-13-14-24(22-20)15-17-5-9-18(21)10-6-17/h5-14H,2-4,15H2,1H3,(H,22,23). The van der Waals surface area contributed by atoms with E-state index in [2.05, 4.69) is 32.7 Å². The molecule has 0 radical (unpaired) electrons. The maximum absolute atomic E-state index is 12.6. The summed E-state index contributed by atoms with van der Waals surface area (Å²) in [6.45, 7) is 2.71. The minimum Gasteiger partial charge on any atom is -0.266 e. The quantitative estimate of drug-likeness (QED) is 0.537. The van der Waals surface area contributed by atoms with E-state index < -0.39 is 10.0 Å². The summed E-state index contributed by atoms with van der Waals surface area (Å²) in [6, 6.07) is 16.6. The van der Waals surface area contributed by atoms with Gasteiger partial charge in [-0.15, -0.1) is 0 Å². The summed E-state index contributed by atoms with van der Waals surface area (Å²) >= 11 is 3.41. The maximum Gasteiger partial charge on any atom is 0.263 e. The predicted molar refractivity (Wildman–Crippen MR) is 111 cm³/mol. The molecule has 0 aliphatic rings. The largest absolute Gasteiger partial charge is 0.266 e. The number of hydrogen-bond donors (Lipinski definition) is 1. The normalized spacial score (nSPS) is 11.5. The number of aryl methyl sites for hydroxylation is 1. The van der Waals surface area contributed by atoms with Crippen molar-refractivity contribution < 1.29 is 8.42 Å². The van der Waals surface area contributed by atoms with Crippen molar-refractivity contribution in [2.45, 2.75) is 37.6 Å². The first-order chi connectivity index (χ1) is 13.0. The molecule has 3 aromatic rings. The van der Waals surface area contributed by atoms with E-state index in [0.717, 1.165) is 34.9 Å². The number of benzene rings is 2. The average molecular weight is 448 g/mol. The molecule has 0 saturated carbocycles. The minimum atomic E-state index is -3.65. The van der Waals surface area contributed by atoms with Crippen molar-refractivity contribution in [2.75, 3.05) is 4.72 Å². The van der Waals surface area contributed by atoms with E-state index in [9.17, 15) is 8.42 Å². The lowest BCUT2D eigenvalue weighted by Gasteiger charge is -2.07. The molecule has 0 unspecified atom stereocenters. The van der Waals surface area contributed by atoms with Crippen LogP contribution in [0, 0.1) is 0 Å². The Labute approximate surface area is 168 Å². The van der Waals surface area contributed by atoms with Crippen molar-refractivity contribution in [2.24, 2.45) is 0 Å². The Morgan fingerprint density at radius 3 is 2.33 bits per heavy atom. The molecule has 1 N–H and O–H groups in total. The molecule has 27 heavy (non-hydrogen) atoms. The molecule has 5 nitrogen and oxygen atoms in total. The van der Waals surface area contributed by atoms with E-state index in [1.165, 1.54) is 0 Å². The second-order valence-electron chi connectivity index (χ2n) is 6.38. The van der Waals surface area contributed by atoms with Gasteiger partial charge >= 0.3 is 0 Å². The Bertz CT molecular complexity index is 981. The van der Waals surface area contributed by atoms with Gasteiger partial charge in [-0.05, 0) is 48.2 Å². The van der Waals surface area contributed by atoms with Crippen LogP contribution in [0.4, 0.5) is 5.82 Å². The fourth-order valence-corrected chi connectivity index (χ4v) is 3.95. The van der Waals surface area contributed by atoms with Gasteiger partial charge in [0.2, 0.25) is 0 Å². The molecule has 0 aliphatic carbocycles. The van der Waals surface area contributed by atoms with Crippen molar-refractivity contribution in [1.82, 2.24) is 9.78 Å². The Hall–Kier alpha value is -2.12. The Morgan fingerprint density at radius 2 is 1.67 bits per heavy atom. The van der Waals surface area contributed by atoms with Crippen molar-refractivity contribution in [1.29, 1.82) is 0 Å². The highest BCUT2D eigenvalue weighted by Crippen LogP contribution is 2.17. The zero-order valence-corrected chi connectivity index (χ0v) is 17.5. The number of nitrogens with one attached hydrogen (secondary N) is 1. The SMILES string of the molecule is CCCCc1ccc(S(=O)(=O)Nc2ccn(Cc3ccc(Br)cc3)n2)cc1. The highest BCUT2D eigenvalue weighted by molar-refractivity contribution is 9.10. The molecule has 0 spiro atoms. The van der Waals surface area contributed by atoms with Crippen molar-refractivity contribution >= 4 is 31.8 Å². The molecule has 0 bridgehead atoms. The molecule has 142 valence electrons. The lowest BCUT2D eigenvalue weighted by atomic mass is 10.1. The predicted octanol–water partition coefficient (Wildman–Crippen LogP) is 4.84. The molecule has 2 aromatic carbocycles. The van der Waals surface area contributed by atoms with E-state index in [4.69, 9.17) is 0 Å². The van der Waals surface area contributed by atoms with E-state index >= 15 is 0 Å². The fraction of sp³-hybridized carbons (Fsp3) is 0.250. The third kappa shape index (κ3) is 5.43. The molecular formula is C20H22BrN3O2S. The lowest BCUT2D eigenvalue weighted by Crippen LogP contribution is -2.14. The Kier molecular flexibility index (Phi) is 6.34. The van der Waals surface area contributed by atoms with Crippen LogP contribution in [0.5, 0.6) is 0 Å². The summed E-state index contributed by atoms with van der Waals surface area (Å²) < 4.78 is 30.4. The Morgan fingerprint density at radius 1 is 1.00 bits per heavy atom. The van der Waals surface area contributed by atoms with Gasteiger partial charge < -0.3 is 0 Å². The molecule has 0 aliphatic heterocycles. The number of nitrogens with zero attached hydrogens (tertiary/aromatic N) is 2. The van der Waals surface area contributed by atoms with Crippen molar-refractivity contribution in [3.63, 3.8) is 0 Å². The number of anilines is 1. The van der Waals surface area contributed by atoms with E-state index in [0.29, 0.717) is 12.4 Å². The lowest BCUT2D eigenvalue weighted by molar-refractivity contribution is 0.600. The van der Waals surface area contributed by atoms with Crippen LogP contribution in [0.1, 0.15) is 30.9 Å². The topological polar surface area (TPSA) is 64.0 Å². The van der Waals surface area contributed by atoms with Gasteiger partial charge in [0.15, 0.2) is 5.82 Å². The molecule has 3 rings (SSSR count). The molecule has 1 aromatic heterocycles. The summed E-state index contributed by atoms with van der Waals surface area (Å²) in [5.41, 5.74) is 2.23. The number of hydrogen-bond acceptors (Lipinski definition) is 3. The van der Waals surface area contributed by atoms with Crippen LogP contribution in [0.15, 0.2) is 70.2 Å². The van der Waals surface area contributed by atoms with Crippen LogP contribution in [0.3, 0.4) is 0 Å². The summed E-state index contributed by atoms with van der Waals surface area (Å²) in [6.07, 6.45) is 4.93. The number of halogens is 1. The first-order valence-corrected chi connectivity index (χ1v) is 11.1. The highest BCUT2D eigenvalue weighted by atomic mass is 79.9. The summed E-state index contributed by atoms with van der Waals surface area (Å²) in [4.78, 5) is 0.241. The van der Waals surface area contributed by atoms with Gasteiger partial charge in [0, 0.05) is 16.7 Å². The monoisotopic (exact) mass is 447 g/mol. The Balaban J connectivity index is 1.67. The zero-order valence-electron chi connectivity index (χ0n) is 15.1. The van der Waals surface area contributed by atoms with Gasteiger partial charge in [0.1, 0.15) is 0 Å². The van der Waals surface area contributed by atoms with Crippen LogP contribution < -0.4 is 4.72 Å². The van der Waals surface area contributed by atoms with Crippen molar-refractivity contribution in [3.8, 4) is 0 Å². The third-order valence-electron chi connectivity index (χ3n) is 4.19. The molecule has 1 heterocycles. The van der Waals surface area contributed by atoms with Crippen LogP contribution in [-0.2, 0) is 23.0 Å². The summed E-state index contributed by atoms with van der Waals surface area (Å²) in [5, 5.41) is 4.31. The molecule has 0 atom stereocenters. The average Bonchev–Trinajstić information content (AvgIpc) is 3.08. The van der Waals surface area contributed by atoms with Crippen molar-refractivity contribution in [3.05, 3.63) is 76.4 Å². The molecule has 7 heteroatoms. The van der Waals surface area contributed by atoms with Crippen LogP contribution in [0.2, 0.25) is 0 Å². The second-order valence-corrected chi connectivity index (χ2v) is 8.98. The number of rotatable bonds is 8. The number of aromatic nitrogens is 2. The molecule has 0 saturated heterocycles. The van der Waals surface area contributed by atoms with Gasteiger partial charge in [-0.1, -0.05) is 53.5 Å². The molecule has 0 fully saturated rings. The van der Waals surface area contributed by atoms with Gasteiger partial charge in [-0.2, -0.15) is 5.10 Å². The van der Waals surface area contributed by atoms with Gasteiger partial charge in [-0.25, -0.2) is 8.42 Å². The van der Waals surface area contributed by atoms with Crippen LogP contribution in [0.25, 0.3) is 0 Å². The van der Waals surface area contributed by atoms with Gasteiger partial charge in [-0.3, -0.25) is 9.40 Å². The van der Waals surface area contributed by atoms with E-state index in [1.54, 1.807) is 29.1 Å².